The van der Waals surface area contributed by atoms with Gasteiger partial charge in [-0.1, -0.05) is 19.9 Å². The van der Waals surface area contributed by atoms with Crippen LogP contribution in [-0.4, -0.2) is 34.1 Å². The number of nitrogen functional groups attached to an aromatic ring is 1. The minimum absolute atomic E-state index is 0.215. The third-order valence-electron chi connectivity index (χ3n) is 4.13. The van der Waals surface area contributed by atoms with Gasteiger partial charge in [0, 0.05) is 6.04 Å². The molecule has 2 aromatic rings. The molecule has 1 atom stereocenters. The van der Waals surface area contributed by atoms with Crippen molar-refractivity contribution in [2.75, 3.05) is 25.4 Å². The predicted molar refractivity (Wildman–Crippen MR) is 85.8 cm³/mol. The first-order valence-corrected chi connectivity index (χ1v) is 7.72. The van der Waals surface area contributed by atoms with Gasteiger partial charge in [0.25, 0.3) is 0 Å². The summed E-state index contributed by atoms with van der Waals surface area (Å²) in [7, 11) is 0. The molecule has 21 heavy (non-hydrogen) atoms. The zero-order chi connectivity index (χ0) is 15.4. The van der Waals surface area contributed by atoms with Gasteiger partial charge >= 0.3 is 0 Å². The maximum absolute atomic E-state index is 13.8. The second kappa shape index (κ2) is 6.89. The lowest BCUT2D eigenvalue weighted by atomic mass is 10.1. The van der Waals surface area contributed by atoms with Crippen LogP contribution < -0.4 is 5.73 Å². The van der Waals surface area contributed by atoms with E-state index in [9.17, 15) is 4.39 Å². The van der Waals surface area contributed by atoms with E-state index in [0.29, 0.717) is 11.5 Å². The Bertz CT molecular complexity index is 589. The van der Waals surface area contributed by atoms with E-state index in [1.807, 2.05) is 10.6 Å². The molecular formula is C16H25FN4. The molecule has 4 nitrogen and oxygen atoms in total. The SMILES string of the molecule is CCN(CC)CCCC(C)n1c(N)nc2c(F)cccc21. The van der Waals surface area contributed by atoms with Crippen molar-refractivity contribution in [3.05, 3.63) is 24.0 Å². The normalized spacial score (nSPS) is 13.2. The van der Waals surface area contributed by atoms with Gasteiger partial charge in [0.15, 0.2) is 5.82 Å². The van der Waals surface area contributed by atoms with Gasteiger partial charge in [-0.3, -0.25) is 0 Å². The van der Waals surface area contributed by atoms with Crippen LogP contribution in [0.15, 0.2) is 18.2 Å². The number of anilines is 1. The number of fused-ring (bicyclic) bond motifs is 1. The third kappa shape index (κ3) is 3.35. The number of imidazole rings is 1. The van der Waals surface area contributed by atoms with Crippen molar-refractivity contribution in [1.82, 2.24) is 14.5 Å². The number of benzene rings is 1. The highest BCUT2D eigenvalue weighted by Gasteiger charge is 2.16. The molecule has 5 heteroatoms. The molecule has 0 spiro atoms. The summed E-state index contributed by atoms with van der Waals surface area (Å²) in [5.41, 5.74) is 7.13. The molecular weight excluding hydrogens is 267 g/mol. The van der Waals surface area contributed by atoms with Gasteiger partial charge in [-0.2, -0.15) is 0 Å². The number of nitrogens with zero attached hydrogens (tertiary/aromatic N) is 3. The van der Waals surface area contributed by atoms with Crippen molar-refractivity contribution in [1.29, 1.82) is 0 Å². The molecule has 116 valence electrons. The van der Waals surface area contributed by atoms with E-state index in [1.165, 1.54) is 6.07 Å². The topological polar surface area (TPSA) is 47.1 Å². The van der Waals surface area contributed by atoms with Gasteiger partial charge in [-0.25, -0.2) is 9.37 Å². The maximum Gasteiger partial charge on any atom is 0.201 e. The van der Waals surface area contributed by atoms with E-state index < -0.39 is 0 Å². The Morgan fingerprint density at radius 1 is 1.33 bits per heavy atom. The Kier molecular flexibility index (Phi) is 5.17. The van der Waals surface area contributed by atoms with E-state index in [0.717, 1.165) is 38.0 Å². The van der Waals surface area contributed by atoms with Crippen molar-refractivity contribution in [3.63, 3.8) is 0 Å². The first-order chi connectivity index (χ1) is 10.1. The van der Waals surface area contributed by atoms with Gasteiger partial charge in [0.2, 0.25) is 5.95 Å². The highest BCUT2D eigenvalue weighted by molar-refractivity contribution is 5.79. The number of rotatable bonds is 7. The number of para-hydroxylation sites is 1. The summed E-state index contributed by atoms with van der Waals surface area (Å²) in [6, 6.07) is 5.22. The largest absolute Gasteiger partial charge is 0.369 e. The molecule has 0 aliphatic heterocycles. The van der Waals surface area contributed by atoms with Crippen molar-refractivity contribution in [3.8, 4) is 0 Å². The summed E-state index contributed by atoms with van der Waals surface area (Å²) >= 11 is 0. The summed E-state index contributed by atoms with van der Waals surface area (Å²) in [4.78, 5) is 6.57. The van der Waals surface area contributed by atoms with Gasteiger partial charge in [0.1, 0.15) is 5.52 Å². The molecule has 0 amide bonds. The third-order valence-corrected chi connectivity index (χ3v) is 4.13. The highest BCUT2D eigenvalue weighted by atomic mass is 19.1. The Morgan fingerprint density at radius 2 is 2.05 bits per heavy atom. The molecule has 1 unspecified atom stereocenters. The summed E-state index contributed by atoms with van der Waals surface area (Å²) in [5.74, 6) is 0.0822. The van der Waals surface area contributed by atoms with Crippen LogP contribution in [0.3, 0.4) is 0 Å². The molecule has 0 saturated heterocycles. The molecule has 1 heterocycles. The van der Waals surface area contributed by atoms with E-state index in [4.69, 9.17) is 5.73 Å². The van der Waals surface area contributed by atoms with Crippen molar-refractivity contribution >= 4 is 17.0 Å². The van der Waals surface area contributed by atoms with Crippen LogP contribution in [-0.2, 0) is 0 Å². The number of aromatic nitrogens is 2. The molecule has 0 radical (unpaired) electrons. The molecule has 1 aromatic heterocycles. The van der Waals surface area contributed by atoms with Crippen molar-refractivity contribution < 1.29 is 4.39 Å². The Hall–Kier alpha value is -1.62. The van der Waals surface area contributed by atoms with Crippen molar-refractivity contribution in [2.24, 2.45) is 0 Å². The number of nitrogens with two attached hydrogens (primary N) is 1. The van der Waals surface area contributed by atoms with E-state index >= 15 is 0 Å². The van der Waals surface area contributed by atoms with Crippen molar-refractivity contribution in [2.45, 2.75) is 39.7 Å². The number of hydrogen-bond acceptors (Lipinski definition) is 3. The molecule has 0 saturated carbocycles. The molecule has 0 aliphatic rings. The maximum atomic E-state index is 13.8. The van der Waals surface area contributed by atoms with Gasteiger partial charge in [-0.15, -0.1) is 0 Å². The van der Waals surface area contributed by atoms with Crippen LogP contribution in [0, 0.1) is 5.82 Å². The first kappa shape index (κ1) is 15.8. The lowest BCUT2D eigenvalue weighted by Crippen LogP contribution is -2.24. The smallest absolute Gasteiger partial charge is 0.201 e. The average molecular weight is 292 g/mol. The van der Waals surface area contributed by atoms with Crippen LogP contribution in [0.5, 0.6) is 0 Å². The zero-order valence-electron chi connectivity index (χ0n) is 13.1. The minimum atomic E-state index is -0.312. The molecule has 2 N–H and O–H groups in total. The minimum Gasteiger partial charge on any atom is -0.369 e. The van der Waals surface area contributed by atoms with Crippen LogP contribution in [0.2, 0.25) is 0 Å². The fourth-order valence-corrected chi connectivity index (χ4v) is 2.84. The lowest BCUT2D eigenvalue weighted by Gasteiger charge is -2.20. The van der Waals surface area contributed by atoms with Crippen LogP contribution in [0.25, 0.3) is 11.0 Å². The number of hydrogen-bond donors (Lipinski definition) is 1. The Morgan fingerprint density at radius 3 is 2.71 bits per heavy atom. The Labute approximate surface area is 125 Å². The fourth-order valence-electron chi connectivity index (χ4n) is 2.84. The van der Waals surface area contributed by atoms with E-state index in [2.05, 4.69) is 30.7 Å². The van der Waals surface area contributed by atoms with Crippen LogP contribution >= 0.6 is 0 Å². The summed E-state index contributed by atoms with van der Waals surface area (Å²) in [6.07, 6.45) is 2.10. The van der Waals surface area contributed by atoms with Gasteiger partial charge < -0.3 is 15.2 Å². The second-order valence-electron chi connectivity index (χ2n) is 5.47. The van der Waals surface area contributed by atoms with E-state index in [-0.39, 0.29) is 11.9 Å². The highest BCUT2D eigenvalue weighted by Crippen LogP contribution is 2.26. The van der Waals surface area contributed by atoms with Crippen LogP contribution in [0.4, 0.5) is 10.3 Å². The summed E-state index contributed by atoms with van der Waals surface area (Å²) < 4.78 is 15.7. The fraction of sp³-hybridized carbons (Fsp3) is 0.562. The zero-order valence-corrected chi connectivity index (χ0v) is 13.1. The van der Waals surface area contributed by atoms with Crippen LogP contribution in [0.1, 0.15) is 39.7 Å². The molecule has 0 fully saturated rings. The summed E-state index contributed by atoms with van der Waals surface area (Å²) in [5, 5.41) is 0. The second-order valence-corrected chi connectivity index (χ2v) is 5.47. The monoisotopic (exact) mass is 292 g/mol. The molecule has 0 aliphatic carbocycles. The first-order valence-electron chi connectivity index (χ1n) is 7.72. The van der Waals surface area contributed by atoms with E-state index in [1.54, 1.807) is 6.07 Å². The molecule has 1 aromatic carbocycles. The Balaban J connectivity index is 2.11. The summed E-state index contributed by atoms with van der Waals surface area (Å²) in [6.45, 7) is 9.70. The predicted octanol–water partition coefficient (Wildman–Crippen LogP) is 3.44. The quantitative estimate of drug-likeness (QED) is 0.850. The molecule has 2 rings (SSSR count). The average Bonchev–Trinajstić information content (AvgIpc) is 2.81. The standard InChI is InChI=1S/C16H25FN4/c1-4-20(5-2)11-7-8-12(3)21-14-10-6-9-13(17)15(14)19-16(21)18/h6,9-10,12H,4-5,7-8,11H2,1-3H3,(H2,18,19). The molecule has 0 bridgehead atoms. The van der Waals surface area contributed by atoms with Gasteiger partial charge in [-0.05, 0) is 51.5 Å². The van der Waals surface area contributed by atoms with Gasteiger partial charge in [0.05, 0.1) is 5.52 Å². The lowest BCUT2D eigenvalue weighted by molar-refractivity contribution is 0.289. The number of halogens is 1.